The molecule has 0 heterocycles. The highest BCUT2D eigenvalue weighted by molar-refractivity contribution is 5.97. The number of aryl methyl sites for hydroxylation is 2. The molecule has 0 aliphatic carbocycles. The maximum Gasteiger partial charge on any atom is 0.254 e. The van der Waals surface area contributed by atoms with E-state index in [1.54, 1.807) is 0 Å². The number of carbonyl (C=O) groups is 1. The van der Waals surface area contributed by atoms with Crippen molar-refractivity contribution in [3.63, 3.8) is 0 Å². The molecule has 0 radical (unpaired) electrons. The fourth-order valence-electron chi connectivity index (χ4n) is 2.00. The molecule has 2 N–H and O–H groups in total. The van der Waals surface area contributed by atoms with E-state index in [0.717, 1.165) is 36.2 Å². The van der Waals surface area contributed by atoms with E-state index < -0.39 is 0 Å². The van der Waals surface area contributed by atoms with E-state index in [1.165, 1.54) is 0 Å². The van der Waals surface area contributed by atoms with Crippen molar-refractivity contribution < 1.29 is 4.79 Å². The first kappa shape index (κ1) is 13.7. The van der Waals surface area contributed by atoms with Gasteiger partial charge in [0.25, 0.3) is 5.91 Å². The molecule has 0 atom stereocenters. The Labute approximate surface area is 104 Å². The van der Waals surface area contributed by atoms with Crippen molar-refractivity contribution >= 4 is 5.91 Å². The van der Waals surface area contributed by atoms with Crippen LogP contribution in [0.4, 0.5) is 0 Å². The van der Waals surface area contributed by atoms with Gasteiger partial charge in [-0.25, -0.2) is 0 Å². The summed E-state index contributed by atoms with van der Waals surface area (Å²) in [6.07, 6.45) is 0.852. The third-order valence-electron chi connectivity index (χ3n) is 3.00. The van der Waals surface area contributed by atoms with Crippen molar-refractivity contribution in [1.82, 2.24) is 4.90 Å². The molecule has 0 fully saturated rings. The minimum Gasteiger partial charge on any atom is -0.339 e. The topological polar surface area (TPSA) is 46.3 Å². The summed E-state index contributed by atoms with van der Waals surface area (Å²) in [5.74, 6) is 0.122. The van der Waals surface area contributed by atoms with Crippen LogP contribution < -0.4 is 5.73 Å². The third-order valence-corrected chi connectivity index (χ3v) is 3.00. The van der Waals surface area contributed by atoms with E-state index in [1.807, 2.05) is 43.9 Å². The lowest BCUT2D eigenvalue weighted by atomic mass is 10.0. The molecular formula is C14H22N2O. The van der Waals surface area contributed by atoms with Gasteiger partial charge in [0.2, 0.25) is 0 Å². The van der Waals surface area contributed by atoms with Crippen molar-refractivity contribution in [1.29, 1.82) is 0 Å². The zero-order chi connectivity index (χ0) is 12.8. The van der Waals surface area contributed by atoms with Crippen LogP contribution in [-0.2, 0) is 0 Å². The number of carbonyl (C=O) groups excluding carboxylic acids is 1. The molecule has 94 valence electrons. The average Bonchev–Trinajstić information content (AvgIpc) is 2.30. The summed E-state index contributed by atoms with van der Waals surface area (Å²) in [6.45, 7) is 8.05. The van der Waals surface area contributed by atoms with Gasteiger partial charge < -0.3 is 10.6 Å². The molecule has 0 spiro atoms. The highest BCUT2D eigenvalue weighted by Gasteiger charge is 2.17. The average molecular weight is 234 g/mol. The van der Waals surface area contributed by atoms with Gasteiger partial charge in [0.05, 0.1) is 0 Å². The first-order valence-corrected chi connectivity index (χ1v) is 6.17. The third kappa shape index (κ3) is 3.30. The van der Waals surface area contributed by atoms with Crippen LogP contribution in [0.15, 0.2) is 18.2 Å². The molecule has 0 bridgehead atoms. The molecule has 3 nitrogen and oxygen atoms in total. The predicted octanol–water partition coefficient (Wildman–Crippen LogP) is 2.11. The van der Waals surface area contributed by atoms with Crippen molar-refractivity contribution in [2.24, 2.45) is 5.73 Å². The molecule has 1 amide bonds. The van der Waals surface area contributed by atoms with Crippen molar-refractivity contribution in [3.05, 3.63) is 34.9 Å². The minimum atomic E-state index is 0.122. The summed E-state index contributed by atoms with van der Waals surface area (Å²) in [5.41, 5.74) is 8.42. The Kier molecular flexibility index (Phi) is 5.16. The van der Waals surface area contributed by atoms with Gasteiger partial charge in [0.1, 0.15) is 0 Å². The van der Waals surface area contributed by atoms with Crippen molar-refractivity contribution in [2.45, 2.75) is 27.2 Å². The van der Waals surface area contributed by atoms with Crippen LogP contribution in [-0.4, -0.2) is 30.4 Å². The lowest BCUT2D eigenvalue weighted by molar-refractivity contribution is 0.0762. The molecular weight excluding hydrogens is 212 g/mol. The van der Waals surface area contributed by atoms with Gasteiger partial charge >= 0.3 is 0 Å². The summed E-state index contributed by atoms with van der Waals surface area (Å²) < 4.78 is 0. The maximum atomic E-state index is 12.4. The Hall–Kier alpha value is -1.35. The summed E-state index contributed by atoms with van der Waals surface area (Å²) in [5, 5.41) is 0. The van der Waals surface area contributed by atoms with E-state index in [2.05, 4.69) is 0 Å². The smallest absolute Gasteiger partial charge is 0.254 e. The highest BCUT2D eigenvalue weighted by Crippen LogP contribution is 2.15. The number of rotatable bonds is 5. The molecule has 1 aromatic carbocycles. The second kappa shape index (κ2) is 6.40. The Balaban J connectivity index is 2.93. The number of benzene rings is 1. The molecule has 1 aromatic rings. The zero-order valence-corrected chi connectivity index (χ0v) is 11.0. The molecule has 3 heteroatoms. The number of hydrogen-bond acceptors (Lipinski definition) is 2. The van der Waals surface area contributed by atoms with Crippen LogP contribution in [0.2, 0.25) is 0 Å². The molecule has 0 saturated carbocycles. The van der Waals surface area contributed by atoms with Gasteiger partial charge in [-0.05, 0) is 44.9 Å². The van der Waals surface area contributed by atoms with Gasteiger partial charge in [0, 0.05) is 18.7 Å². The molecule has 1 rings (SSSR count). The fraction of sp³-hybridized carbons (Fsp3) is 0.500. The maximum absolute atomic E-state index is 12.4. The Bertz CT molecular complexity index is 368. The SMILES string of the molecule is CCN(CCCN)C(=O)c1c(C)cccc1C. The lowest BCUT2D eigenvalue weighted by Crippen LogP contribution is -2.33. The monoisotopic (exact) mass is 234 g/mol. The number of nitrogens with zero attached hydrogens (tertiary/aromatic N) is 1. The second-order valence-corrected chi connectivity index (χ2v) is 4.29. The Morgan fingerprint density at radius 2 is 1.88 bits per heavy atom. The minimum absolute atomic E-state index is 0.122. The first-order valence-electron chi connectivity index (χ1n) is 6.17. The van der Waals surface area contributed by atoms with E-state index in [9.17, 15) is 4.79 Å². The van der Waals surface area contributed by atoms with E-state index in [-0.39, 0.29) is 5.91 Å². The predicted molar refractivity (Wildman–Crippen MR) is 71.2 cm³/mol. The van der Waals surface area contributed by atoms with Crippen LogP contribution in [0, 0.1) is 13.8 Å². The molecule has 0 aliphatic rings. The molecule has 0 aliphatic heterocycles. The van der Waals surface area contributed by atoms with Crippen molar-refractivity contribution in [2.75, 3.05) is 19.6 Å². The Morgan fingerprint density at radius 3 is 2.35 bits per heavy atom. The number of hydrogen-bond donors (Lipinski definition) is 1. The summed E-state index contributed by atoms with van der Waals surface area (Å²) >= 11 is 0. The van der Waals surface area contributed by atoms with Crippen LogP contribution in [0.1, 0.15) is 34.8 Å². The van der Waals surface area contributed by atoms with E-state index in [4.69, 9.17) is 5.73 Å². The quantitative estimate of drug-likeness (QED) is 0.848. The van der Waals surface area contributed by atoms with Gasteiger partial charge in [-0.3, -0.25) is 4.79 Å². The Morgan fingerprint density at radius 1 is 1.29 bits per heavy atom. The van der Waals surface area contributed by atoms with E-state index in [0.29, 0.717) is 6.54 Å². The van der Waals surface area contributed by atoms with Gasteiger partial charge in [-0.15, -0.1) is 0 Å². The van der Waals surface area contributed by atoms with E-state index >= 15 is 0 Å². The normalized spacial score (nSPS) is 10.4. The van der Waals surface area contributed by atoms with Gasteiger partial charge in [0.15, 0.2) is 0 Å². The van der Waals surface area contributed by atoms with Gasteiger partial charge in [-0.2, -0.15) is 0 Å². The fourth-order valence-corrected chi connectivity index (χ4v) is 2.00. The van der Waals surface area contributed by atoms with Crippen molar-refractivity contribution in [3.8, 4) is 0 Å². The standard InChI is InChI=1S/C14H22N2O/c1-4-16(10-6-9-15)14(17)13-11(2)7-5-8-12(13)3/h5,7-8H,4,6,9-10,15H2,1-3H3. The summed E-state index contributed by atoms with van der Waals surface area (Å²) in [4.78, 5) is 14.3. The lowest BCUT2D eigenvalue weighted by Gasteiger charge is -2.22. The van der Waals surface area contributed by atoms with Crippen LogP contribution in [0.25, 0.3) is 0 Å². The molecule has 17 heavy (non-hydrogen) atoms. The summed E-state index contributed by atoms with van der Waals surface area (Å²) in [7, 11) is 0. The highest BCUT2D eigenvalue weighted by atomic mass is 16.2. The molecule has 0 saturated heterocycles. The second-order valence-electron chi connectivity index (χ2n) is 4.29. The first-order chi connectivity index (χ1) is 8.11. The largest absolute Gasteiger partial charge is 0.339 e. The van der Waals surface area contributed by atoms with Gasteiger partial charge in [-0.1, -0.05) is 18.2 Å². The zero-order valence-electron chi connectivity index (χ0n) is 11.0. The summed E-state index contributed by atoms with van der Waals surface area (Å²) in [6, 6.07) is 5.95. The molecule has 0 aromatic heterocycles. The van der Waals surface area contributed by atoms with Crippen LogP contribution in [0.5, 0.6) is 0 Å². The van der Waals surface area contributed by atoms with Crippen LogP contribution in [0.3, 0.4) is 0 Å². The molecule has 0 unspecified atom stereocenters. The number of amides is 1. The van der Waals surface area contributed by atoms with Crippen LogP contribution >= 0.6 is 0 Å². The number of nitrogens with two attached hydrogens (primary N) is 1.